The minimum Gasteiger partial charge on any atom is -0.506 e. The maximum absolute atomic E-state index is 13.1. The van der Waals surface area contributed by atoms with Crippen molar-refractivity contribution in [2.45, 2.75) is 37.6 Å². The van der Waals surface area contributed by atoms with Crippen LogP contribution in [-0.4, -0.2) is 46.4 Å². The van der Waals surface area contributed by atoms with Gasteiger partial charge in [-0.1, -0.05) is 17.7 Å². The third kappa shape index (κ3) is 6.47. The molecule has 12 heteroatoms. The Morgan fingerprint density at radius 3 is 2.50 bits per heavy atom. The molecule has 0 fully saturated rings. The van der Waals surface area contributed by atoms with Crippen molar-refractivity contribution in [3.8, 4) is 28.3 Å². The Bertz CT molecular complexity index is 1540. The normalized spacial score (nSPS) is 12.0. The summed E-state index contributed by atoms with van der Waals surface area (Å²) >= 11 is 6.00. The molecule has 2 aromatic carbocycles. The zero-order chi connectivity index (χ0) is 27.5. The van der Waals surface area contributed by atoms with Gasteiger partial charge in [0.25, 0.3) is 0 Å². The van der Waals surface area contributed by atoms with Crippen LogP contribution in [0, 0.1) is 5.82 Å². The first-order chi connectivity index (χ1) is 17.9. The van der Waals surface area contributed by atoms with E-state index in [1.54, 1.807) is 30.5 Å². The lowest BCUT2D eigenvalue weighted by Crippen LogP contribution is -2.26. The number of benzene rings is 2. The largest absolute Gasteiger partial charge is 0.506 e. The van der Waals surface area contributed by atoms with Gasteiger partial charge in [-0.2, -0.15) is 5.10 Å². The molecule has 0 bridgehead atoms. The van der Waals surface area contributed by atoms with E-state index in [1.807, 2.05) is 31.6 Å². The van der Waals surface area contributed by atoms with Crippen LogP contribution in [0.1, 0.15) is 27.2 Å². The Kier molecular flexibility index (Phi) is 8.00. The summed E-state index contributed by atoms with van der Waals surface area (Å²) < 4.78 is 42.1. The quantitative estimate of drug-likeness (QED) is 0.246. The van der Waals surface area contributed by atoms with Gasteiger partial charge in [0.05, 0.1) is 21.2 Å². The van der Waals surface area contributed by atoms with Crippen molar-refractivity contribution in [1.29, 1.82) is 0 Å². The maximum atomic E-state index is 13.1. The summed E-state index contributed by atoms with van der Waals surface area (Å²) in [5, 5.41) is 18.3. The minimum absolute atomic E-state index is 0.00325. The van der Waals surface area contributed by atoms with Crippen molar-refractivity contribution < 1.29 is 17.9 Å². The molecule has 0 atom stereocenters. The Balaban J connectivity index is 1.47. The molecule has 2 heterocycles. The first kappa shape index (κ1) is 27.5. The average molecular weight is 559 g/mol. The van der Waals surface area contributed by atoms with Gasteiger partial charge in [0.2, 0.25) is 16.0 Å². The molecular formula is C26H28ClFN6O3S. The van der Waals surface area contributed by atoms with Crippen LogP contribution in [0.15, 0.2) is 65.8 Å². The van der Waals surface area contributed by atoms with Crippen molar-refractivity contribution in [2.75, 3.05) is 18.4 Å². The van der Waals surface area contributed by atoms with Crippen molar-refractivity contribution in [1.82, 2.24) is 24.5 Å². The number of sulfonamides is 1. The van der Waals surface area contributed by atoms with Gasteiger partial charge in [0.15, 0.2) is 0 Å². The van der Waals surface area contributed by atoms with E-state index < -0.39 is 15.8 Å². The molecule has 0 aliphatic carbocycles. The zero-order valence-corrected chi connectivity index (χ0v) is 22.7. The summed E-state index contributed by atoms with van der Waals surface area (Å²) in [5.74, 6) is -0.169. The topological polar surface area (TPSA) is 122 Å². The number of nitrogens with one attached hydrogen (secondary N) is 2. The number of phenolic OH excluding ortho intramolecular Hbond substituents is 1. The molecule has 38 heavy (non-hydrogen) atoms. The lowest BCUT2D eigenvalue weighted by molar-refractivity contribution is 0.356. The van der Waals surface area contributed by atoms with Crippen LogP contribution in [0.4, 0.5) is 10.3 Å². The molecule has 0 unspecified atom stereocenters. The Hall–Kier alpha value is -3.54. The van der Waals surface area contributed by atoms with E-state index >= 15 is 0 Å². The molecule has 0 spiro atoms. The average Bonchev–Trinajstić information content (AvgIpc) is 3.32. The maximum Gasteiger partial charge on any atom is 0.240 e. The van der Waals surface area contributed by atoms with Gasteiger partial charge in [-0.15, -0.1) is 0 Å². The molecule has 200 valence electrons. The van der Waals surface area contributed by atoms with Gasteiger partial charge < -0.3 is 10.4 Å². The monoisotopic (exact) mass is 558 g/mol. The number of halogens is 2. The summed E-state index contributed by atoms with van der Waals surface area (Å²) in [6.45, 7) is 6.68. The standard InChI is InChI=1S/C26H28ClFN6O3S/c1-26(2,3)34-16-20(24(33-34)17-5-10-21(27)23(35)15-17)22-11-14-30-25(32-22)29-12-4-13-31-38(36,37)19-8-6-18(28)7-9-19/h5-11,14-16,31,35H,4,12-13H2,1-3H3,(H,29,30,32). The number of aromatic nitrogens is 4. The van der Waals surface area contributed by atoms with Gasteiger partial charge in [0, 0.05) is 36.6 Å². The number of aromatic hydroxyl groups is 1. The number of hydrogen-bond acceptors (Lipinski definition) is 7. The third-order valence-electron chi connectivity index (χ3n) is 5.61. The molecule has 2 aromatic heterocycles. The van der Waals surface area contributed by atoms with Crippen LogP contribution >= 0.6 is 11.6 Å². The van der Waals surface area contributed by atoms with Crippen molar-refractivity contribution in [3.05, 3.63) is 71.8 Å². The highest BCUT2D eigenvalue weighted by Crippen LogP contribution is 2.35. The second-order valence-electron chi connectivity index (χ2n) is 9.57. The van der Waals surface area contributed by atoms with Crippen LogP contribution in [-0.2, 0) is 15.6 Å². The molecule has 4 aromatic rings. The smallest absolute Gasteiger partial charge is 0.240 e. The van der Waals surface area contributed by atoms with Crippen LogP contribution < -0.4 is 10.0 Å². The Morgan fingerprint density at radius 2 is 1.82 bits per heavy atom. The first-order valence-electron chi connectivity index (χ1n) is 11.9. The SMILES string of the molecule is CC(C)(C)n1cc(-c2ccnc(NCCCNS(=O)(=O)c3ccc(F)cc3)n2)c(-c2ccc(Cl)c(O)c2)n1. The number of phenols is 1. The summed E-state index contributed by atoms with van der Waals surface area (Å²) in [7, 11) is -3.72. The summed E-state index contributed by atoms with van der Waals surface area (Å²) in [6.07, 6.45) is 3.99. The van der Waals surface area contributed by atoms with Crippen molar-refractivity contribution >= 4 is 27.6 Å². The molecule has 0 amide bonds. The van der Waals surface area contributed by atoms with Gasteiger partial charge in [-0.05, 0) is 69.7 Å². The second-order valence-corrected chi connectivity index (χ2v) is 11.7. The summed E-state index contributed by atoms with van der Waals surface area (Å²) in [6, 6.07) is 11.4. The first-order valence-corrected chi connectivity index (χ1v) is 13.7. The van der Waals surface area contributed by atoms with Gasteiger partial charge in [-0.25, -0.2) is 27.5 Å². The fourth-order valence-electron chi connectivity index (χ4n) is 3.56. The molecule has 4 rings (SSSR count). The highest BCUT2D eigenvalue weighted by molar-refractivity contribution is 7.89. The Morgan fingerprint density at radius 1 is 1.08 bits per heavy atom. The highest BCUT2D eigenvalue weighted by atomic mass is 35.5. The van der Waals surface area contributed by atoms with Crippen LogP contribution in [0.3, 0.4) is 0 Å². The number of nitrogens with zero attached hydrogens (tertiary/aromatic N) is 4. The molecule has 0 saturated heterocycles. The van der Waals surface area contributed by atoms with Crippen LogP contribution in [0.25, 0.3) is 22.5 Å². The van der Waals surface area contributed by atoms with E-state index in [2.05, 4.69) is 20.0 Å². The van der Waals surface area contributed by atoms with Crippen LogP contribution in [0.2, 0.25) is 5.02 Å². The van der Waals surface area contributed by atoms with E-state index in [0.29, 0.717) is 35.9 Å². The van der Waals surface area contributed by atoms with E-state index in [0.717, 1.165) is 17.7 Å². The molecule has 0 radical (unpaired) electrons. The fourth-order valence-corrected chi connectivity index (χ4v) is 4.76. The molecule has 0 saturated carbocycles. The molecular weight excluding hydrogens is 531 g/mol. The predicted octanol–water partition coefficient (Wildman–Crippen LogP) is 5.04. The van der Waals surface area contributed by atoms with E-state index in [9.17, 15) is 17.9 Å². The number of hydrogen-bond donors (Lipinski definition) is 3. The lowest BCUT2D eigenvalue weighted by Gasteiger charge is -2.18. The summed E-state index contributed by atoms with van der Waals surface area (Å²) in [4.78, 5) is 8.90. The van der Waals surface area contributed by atoms with E-state index in [-0.39, 0.29) is 27.8 Å². The molecule has 9 nitrogen and oxygen atoms in total. The van der Waals surface area contributed by atoms with Crippen molar-refractivity contribution in [2.24, 2.45) is 0 Å². The molecule has 3 N–H and O–H groups in total. The third-order valence-corrected chi connectivity index (χ3v) is 7.40. The number of rotatable bonds is 9. The Labute approximate surface area is 225 Å². The lowest BCUT2D eigenvalue weighted by atomic mass is 10.1. The van der Waals surface area contributed by atoms with Crippen molar-refractivity contribution in [3.63, 3.8) is 0 Å². The zero-order valence-electron chi connectivity index (χ0n) is 21.1. The fraction of sp³-hybridized carbons (Fsp3) is 0.269. The molecule has 0 aliphatic heterocycles. The van der Waals surface area contributed by atoms with E-state index in [1.165, 1.54) is 12.1 Å². The van der Waals surface area contributed by atoms with Gasteiger partial charge in [0.1, 0.15) is 17.3 Å². The summed E-state index contributed by atoms with van der Waals surface area (Å²) in [5.41, 5.74) is 2.40. The van der Waals surface area contributed by atoms with Crippen LogP contribution in [0.5, 0.6) is 5.75 Å². The highest BCUT2D eigenvalue weighted by Gasteiger charge is 2.21. The minimum atomic E-state index is -3.72. The van der Waals surface area contributed by atoms with Gasteiger partial charge >= 0.3 is 0 Å². The molecule has 0 aliphatic rings. The number of anilines is 1. The predicted molar refractivity (Wildman–Crippen MR) is 145 cm³/mol. The van der Waals surface area contributed by atoms with Gasteiger partial charge in [-0.3, -0.25) is 4.68 Å². The van der Waals surface area contributed by atoms with E-state index in [4.69, 9.17) is 16.7 Å². The second kappa shape index (κ2) is 11.1.